The Morgan fingerprint density at radius 2 is 1.08 bits per heavy atom. The predicted octanol–water partition coefficient (Wildman–Crippen LogP) is -3.09. The fourth-order valence-corrected chi connectivity index (χ4v) is 5.69. The van der Waals surface area contributed by atoms with E-state index in [1.54, 1.807) is 0 Å². The van der Waals surface area contributed by atoms with Crippen molar-refractivity contribution in [3.05, 3.63) is 0 Å². The van der Waals surface area contributed by atoms with Gasteiger partial charge in [-0.2, -0.15) is 0 Å². The molecule has 0 unspecified atom stereocenters. The molecule has 17 heteroatoms. The first-order chi connectivity index (χ1) is 23.3. The molecule has 0 radical (unpaired) electrons. The van der Waals surface area contributed by atoms with E-state index in [-0.39, 0.29) is 6.42 Å². The number of carbonyl (C=O) groups is 2. The summed E-state index contributed by atoms with van der Waals surface area (Å²) < 4.78 is 21.1. The van der Waals surface area contributed by atoms with Crippen molar-refractivity contribution >= 4 is 11.6 Å². The smallest absolute Gasteiger partial charge is 0.229 e. The molecule has 2 saturated heterocycles. The maximum Gasteiger partial charge on any atom is 0.229 e. The number of hydrogen-bond acceptors (Lipinski definition) is 17. The maximum atomic E-state index is 12.4. The standard InChI is InChI=1S/C32H58O17/c1-2-3-4-5-6-7-8-9-10-11-12-13-17(34)21(36)25(40)26(41)22(37)18(35)15-46-31-30(45)28(43)24(39)20(49-31)16-47-32-29(44)27(42)23(38)19(14-33)48-32/h18-20,22-33,35,37-45H,2-16H2,1H3/t18-,19-,20-,22-,23-,24-,25+,26+,27+,28+,29-,30-,31+,32+/m1/s1. The molecule has 2 aliphatic heterocycles. The molecule has 288 valence electrons. The van der Waals surface area contributed by atoms with Gasteiger partial charge in [-0.25, -0.2) is 0 Å². The molecular weight excluding hydrogens is 656 g/mol. The molecule has 0 aliphatic carbocycles. The third-order valence-corrected chi connectivity index (χ3v) is 8.99. The fraction of sp³-hybridized carbons (Fsp3) is 0.938. The molecule has 2 aliphatic rings. The Bertz CT molecular complexity index is 939. The van der Waals surface area contributed by atoms with Gasteiger partial charge in [0.15, 0.2) is 12.6 Å². The first kappa shape index (κ1) is 43.9. The lowest BCUT2D eigenvalue weighted by molar-refractivity contribution is -0.333. The van der Waals surface area contributed by atoms with Crippen LogP contribution in [0.4, 0.5) is 0 Å². The summed E-state index contributed by atoms with van der Waals surface area (Å²) in [5.41, 5.74) is 0. The minimum atomic E-state index is -2.33. The van der Waals surface area contributed by atoms with Gasteiger partial charge in [-0.15, -0.1) is 0 Å². The molecule has 0 aromatic heterocycles. The number of ketones is 2. The molecule has 11 N–H and O–H groups in total. The zero-order chi connectivity index (χ0) is 36.7. The third kappa shape index (κ3) is 13.3. The van der Waals surface area contributed by atoms with Crippen LogP contribution < -0.4 is 0 Å². The van der Waals surface area contributed by atoms with Crippen LogP contribution in [-0.2, 0) is 28.5 Å². The fourth-order valence-electron chi connectivity index (χ4n) is 5.69. The van der Waals surface area contributed by atoms with Crippen molar-refractivity contribution in [3.8, 4) is 0 Å². The van der Waals surface area contributed by atoms with Gasteiger partial charge in [-0.1, -0.05) is 71.1 Å². The third-order valence-electron chi connectivity index (χ3n) is 8.99. The van der Waals surface area contributed by atoms with E-state index in [1.165, 1.54) is 32.1 Å². The predicted molar refractivity (Wildman–Crippen MR) is 167 cm³/mol. The summed E-state index contributed by atoms with van der Waals surface area (Å²) in [5, 5.41) is 111. The molecule has 49 heavy (non-hydrogen) atoms. The van der Waals surface area contributed by atoms with Crippen LogP contribution in [0.2, 0.25) is 0 Å². The summed E-state index contributed by atoms with van der Waals surface area (Å²) >= 11 is 0. The lowest BCUT2D eigenvalue weighted by atomic mass is 9.96. The van der Waals surface area contributed by atoms with Gasteiger partial charge >= 0.3 is 0 Å². The first-order valence-electron chi connectivity index (χ1n) is 17.3. The lowest BCUT2D eigenvalue weighted by Crippen LogP contribution is -2.62. The Kier molecular flexibility index (Phi) is 20.3. The van der Waals surface area contributed by atoms with Crippen LogP contribution in [0.5, 0.6) is 0 Å². The second-order valence-corrected chi connectivity index (χ2v) is 12.9. The van der Waals surface area contributed by atoms with Crippen molar-refractivity contribution in [2.45, 2.75) is 170 Å². The molecule has 2 heterocycles. The average molecular weight is 715 g/mol. The van der Waals surface area contributed by atoms with E-state index in [2.05, 4.69) is 6.92 Å². The van der Waals surface area contributed by atoms with Crippen LogP contribution in [0, 0.1) is 0 Å². The number of aliphatic hydroxyl groups excluding tert-OH is 11. The number of carbonyl (C=O) groups excluding carboxylic acids is 2. The monoisotopic (exact) mass is 714 g/mol. The van der Waals surface area contributed by atoms with Gasteiger partial charge in [-0.3, -0.25) is 9.59 Å². The van der Waals surface area contributed by atoms with E-state index in [1.807, 2.05) is 0 Å². The van der Waals surface area contributed by atoms with Gasteiger partial charge < -0.3 is 75.1 Å². The van der Waals surface area contributed by atoms with E-state index in [0.29, 0.717) is 12.8 Å². The van der Waals surface area contributed by atoms with E-state index in [0.717, 1.165) is 25.7 Å². The first-order valence-corrected chi connectivity index (χ1v) is 17.3. The summed E-state index contributed by atoms with van der Waals surface area (Å²) in [6.45, 7) is -0.0824. The van der Waals surface area contributed by atoms with Crippen molar-refractivity contribution in [1.82, 2.24) is 0 Å². The summed E-state index contributed by atoms with van der Waals surface area (Å²) in [4.78, 5) is 24.7. The molecule has 0 aromatic rings. The van der Waals surface area contributed by atoms with E-state index < -0.39 is 117 Å². The Morgan fingerprint density at radius 1 is 0.612 bits per heavy atom. The molecule has 0 amide bonds. The van der Waals surface area contributed by atoms with Crippen molar-refractivity contribution < 1.29 is 84.7 Å². The SMILES string of the molecule is CCCCCCCCCCCCCC(=O)C(=O)[C@H](O)[C@@H](O)[C@H](O)[C@H](O)CO[C@H]1O[C@H](CO[C@H]2O[C@H](CO)[C@@H](O)[C@H](O)[C@H]2O)[C@@H](O)[C@H](O)[C@H]1O. The summed E-state index contributed by atoms with van der Waals surface area (Å²) in [6, 6.07) is 0. The van der Waals surface area contributed by atoms with Crippen LogP contribution in [0.1, 0.15) is 84.0 Å². The van der Waals surface area contributed by atoms with E-state index in [9.17, 15) is 65.8 Å². The van der Waals surface area contributed by atoms with Gasteiger partial charge in [0.25, 0.3) is 0 Å². The Balaban J connectivity index is 1.77. The minimum Gasteiger partial charge on any atom is -0.394 e. The van der Waals surface area contributed by atoms with Crippen LogP contribution >= 0.6 is 0 Å². The maximum absolute atomic E-state index is 12.4. The molecule has 0 saturated carbocycles. The number of aliphatic hydroxyl groups is 11. The number of hydrogen-bond donors (Lipinski definition) is 11. The highest BCUT2D eigenvalue weighted by atomic mass is 16.7. The second kappa shape index (κ2) is 22.6. The zero-order valence-corrected chi connectivity index (χ0v) is 28.1. The van der Waals surface area contributed by atoms with Crippen molar-refractivity contribution in [3.63, 3.8) is 0 Å². The Hall–Kier alpha value is -1.26. The zero-order valence-electron chi connectivity index (χ0n) is 28.1. The van der Waals surface area contributed by atoms with E-state index in [4.69, 9.17) is 18.9 Å². The molecule has 2 rings (SSSR count). The number of unbranched alkanes of at least 4 members (excludes halogenated alkanes) is 10. The average Bonchev–Trinajstić information content (AvgIpc) is 3.10. The number of rotatable bonds is 24. The molecule has 17 nitrogen and oxygen atoms in total. The van der Waals surface area contributed by atoms with Gasteiger partial charge in [0, 0.05) is 6.42 Å². The van der Waals surface area contributed by atoms with Crippen LogP contribution in [0.25, 0.3) is 0 Å². The number of Topliss-reactive ketones (excluding diaryl/α,β-unsaturated/α-hetero) is 2. The van der Waals surface area contributed by atoms with E-state index >= 15 is 0 Å². The molecule has 2 fully saturated rings. The van der Waals surface area contributed by atoms with Crippen LogP contribution in [0.3, 0.4) is 0 Å². The molecule has 14 atom stereocenters. The normalized spacial score (nSPS) is 33.1. The summed E-state index contributed by atoms with van der Waals surface area (Å²) in [5.74, 6) is -2.25. The van der Waals surface area contributed by atoms with Crippen LogP contribution in [0.15, 0.2) is 0 Å². The highest BCUT2D eigenvalue weighted by Crippen LogP contribution is 2.26. The minimum absolute atomic E-state index is 0.145. The van der Waals surface area contributed by atoms with Crippen molar-refractivity contribution in [2.24, 2.45) is 0 Å². The molecular formula is C32H58O17. The highest BCUT2D eigenvalue weighted by Gasteiger charge is 2.48. The number of ether oxygens (including phenoxy) is 4. The van der Waals surface area contributed by atoms with Crippen molar-refractivity contribution in [1.29, 1.82) is 0 Å². The summed E-state index contributed by atoms with van der Waals surface area (Å²) in [7, 11) is 0. The van der Waals surface area contributed by atoms with Gasteiger partial charge in [-0.05, 0) is 6.42 Å². The van der Waals surface area contributed by atoms with Gasteiger partial charge in [0.2, 0.25) is 11.6 Å². The Morgan fingerprint density at radius 3 is 1.61 bits per heavy atom. The quantitative estimate of drug-likeness (QED) is 0.0349. The molecule has 0 aromatic carbocycles. The summed E-state index contributed by atoms with van der Waals surface area (Å²) in [6.07, 6.45) is -14.3. The largest absolute Gasteiger partial charge is 0.394 e. The van der Waals surface area contributed by atoms with Crippen molar-refractivity contribution in [2.75, 3.05) is 19.8 Å². The second-order valence-electron chi connectivity index (χ2n) is 12.9. The Labute approximate surface area is 286 Å². The molecule has 0 bridgehead atoms. The molecule has 0 spiro atoms. The highest BCUT2D eigenvalue weighted by molar-refractivity contribution is 6.38. The van der Waals surface area contributed by atoms with Gasteiger partial charge in [0.1, 0.15) is 73.2 Å². The lowest BCUT2D eigenvalue weighted by Gasteiger charge is -2.42. The van der Waals surface area contributed by atoms with Gasteiger partial charge in [0.05, 0.1) is 19.8 Å². The van der Waals surface area contributed by atoms with Crippen LogP contribution in [-0.4, -0.2) is 173 Å². The topological polar surface area (TPSA) is 294 Å².